The van der Waals surface area contributed by atoms with Crippen LogP contribution in [-0.2, 0) is 4.79 Å². The number of hydrogen-bond acceptors (Lipinski definition) is 6. The number of nitrogens with one attached hydrogen (secondary N) is 1. The Morgan fingerprint density at radius 2 is 1.82 bits per heavy atom. The van der Waals surface area contributed by atoms with Crippen LogP contribution in [0, 0.1) is 17.8 Å². The number of alkyl halides is 1. The highest BCUT2D eigenvalue weighted by Gasteiger charge is 2.47. The van der Waals surface area contributed by atoms with Crippen molar-refractivity contribution >= 4 is 29.3 Å². The Morgan fingerprint density at radius 3 is 2.36 bits per heavy atom. The summed E-state index contributed by atoms with van der Waals surface area (Å²) in [5, 5.41) is 33.5. The quantitative estimate of drug-likeness (QED) is 0.449. The fraction of sp³-hybridized carbons (Fsp3) is 0.950. The molecule has 1 amide bonds. The van der Waals surface area contributed by atoms with Gasteiger partial charge in [-0.1, -0.05) is 13.8 Å². The monoisotopic (exact) mass is 436 g/mol. The van der Waals surface area contributed by atoms with Crippen molar-refractivity contribution in [3.63, 3.8) is 0 Å². The van der Waals surface area contributed by atoms with Crippen LogP contribution in [0.25, 0.3) is 0 Å². The molecule has 4 N–H and O–H groups in total. The predicted molar refractivity (Wildman–Crippen MR) is 115 cm³/mol. The number of likely N-dealkylation sites (N-methyl/N-ethyl adjacent to an activating group) is 1. The van der Waals surface area contributed by atoms with Crippen molar-refractivity contribution in [2.45, 2.75) is 81.1 Å². The highest BCUT2D eigenvalue weighted by Crippen LogP contribution is 2.36. The van der Waals surface area contributed by atoms with E-state index in [4.69, 9.17) is 11.6 Å². The molecule has 0 aromatic carbocycles. The highest BCUT2D eigenvalue weighted by molar-refractivity contribution is 7.99. The number of carbonyl (C=O) groups excluding carboxylic acids is 1. The van der Waals surface area contributed by atoms with Gasteiger partial charge in [-0.25, -0.2) is 0 Å². The first-order valence-electron chi connectivity index (χ1n) is 10.3. The minimum atomic E-state index is -1.24. The second-order valence-electron chi connectivity index (χ2n) is 9.04. The van der Waals surface area contributed by atoms with E-state index in [2.05, 4.69) is 24.1 Å². The molecule has 0 radical (unpaired) electrons. The second-order valence-corrected chi connectivity index (χ2v) is 10.8. The number of aliphatic hydroxyl groups is 3. The van der Waals surface area contributed by atoms with Gasteiger partial charge < -0.3 is 20.6 Å². The Hall–Kier alpha value is -0.0500. The fourth-order valence-corrected chi connectivity index (χ4v) is 5.99. The van der Waals surface area contributed by atoms with Crippen molar-refractivity contribution in [2.24, 2.45) is 17.8 Å². The van der Waals surface area contributed by atoms with E-state index in [1.807, 2.05) is 13.3 Å². The van der Waals surface area contributed by atoms with E-state index in [0.717, 1.165) is 19.4 Å². The lowest BCUT2D eigenvalue weighted by Gasteiger charge is -2.44. The van der Waals surface area contributed by atoms with E-state index in [1.165, 1.54) is 11.8 Å². The van der Waals surface area contributed by atoms with Gasteiger partial charge in [-0.2, -0.15) is 11.8 Å². The van der Waals surface area contributed by atoms with Crippen molar-refractivity contribution in [3.05, 3.63) is 0 Å². The summed E-state index contributed by atoms with van der Waals surface area (Å²) in [5.74, 6) is 0.626. The van der Waals surface area contributed by atoms with Gasteiger partial charge in [-0.05, 0) is 51.3 Å². The van der Waals surface area contributed by atoms with E-state index < -0.39 is 35.6 Å². The summed E-state index contributed by atoms with van der Waals surface area (Å²) in [6.45, 7) is 7.10. The minimum Gasteiger partial charge on any atom is -0.390 e. The summed E-state index contributed by atoms with van der Waals surface area (Å²) >= 11 is 7.87. The molecular formula is C20H37ClN2O4S. The van der Waals surface area contributed by atoms with Crippen molar-refractivity contribution in [3.8, 4) is 0 Å². The Balaban J connectivity index is 2.09. The predicted octanol–water partition coefficient (Wildman–Crippen LogP) is 1.30. The average Bonchev–Trinajstić information content (AvgIpc) is 2.97. The molecule has 2 fully saturated rings. The third kappa shape index (κ3) is 5.55. The Bertz CT molecular complexity index is 522. The minimum absolute atomic E-state index is 0.0697. The van der Waals surface area contributed by atoms with Crippen LogP contribution >= 0.6 is 23.4 Å². The van der Waals surface area contributed by atoms with Crippen LogP contribution in [0.4, 0.5) is 0 Å². The van der Waals surface area contributed by atoms with Gasteiger partial charge in [-0.3, -0.25) is 9.69 Å². The molecule has 2 aliphatic rings. The number of aliphatic hydroxyl groups excluding tert-OH is 3. The zero-order valence-electron chi connectivity index (χ0n) is 17.6. The second kappa shape index (κ2) is 10.3. The molecule has 1 aliphatic carbocycles. The summed E-state index contributed by atoms with van der Waals surface area (Å²) in [6, 6.07) is -0.673. The zero-order chi connectivity index (χ0) is 21.2. The lowest BCUT2D eigenvalue weighted by Crippen LogP contribution is -2.61. The molecule has 1 saturated heterocycles. The third-order valence-corrected chi connectivity index (χ3v) is 7.68. The first-order valence-corrected chi connectivity index (χ1v) is 12.0. The van der Waals surface area contributed by atoms with Crippen LogP contribution in [0.3, 0.4) is 0 Å². The number of halogens is 1. The molecule has 8 heteroatoms. The molecule has 0 unspecified atom stereocenters. The number of likely N-dealkylation sites (tertiary alicyclic amines) is 1. The van der Waals surface area contributed by atoms with Crippen LogP contribution < -0.4 is 5.32 Å². The molecule has 1 saturated carbocycles. The number of amides is 1. The van der Waals surface area contributed by atoms with Crippen molar-refractivity contribution < 1.29 is 20.1 Å². The lowest BCUT2D eigenvalue weighted by molar-refractivity contribution is -0.130. The molecule has 1 heterocycles. The molecule has 1 aliphatic heterocycles. The molecule has 0 bridgehead atoms. The number of rotatable bonds is 7. The number of hydrogen-bond donors (Lipinski definition) is 4. The third-order valence-electron chi connectivity index (χ3n) is 6.33. The summed E-state index contributed by atoms with van der Waals surface area (Å²) in [7, 11) is 1.98. The van der Waals surface area contributed by atoms with Gasteiger partial charge in [0.15, 0.2) is 0 Å². The largest absolute Gasteiger partial charge is 0.390 e. The molecule has 164 valence electrons. The van der Waals surface area contributed by atoms with Crippen molar-refractivity contribution in [2.75, 3.05) is 19.8 Å². The molecule has 6 nitrogen and oxygen atoms in total. The fourth-order valence-electron chi connectivity index (χ4n) is 4.89. The summed E-state index contributed by atoms with van der Waals surface area (Å²) in [4.78, 5) is 15.1. The maximum Gasteiger partial charge on any atom is 0.237 e. The van der Waals surface area contributed by atoms with Gasteiger partial charge in [0, 0.05) is 17.7 Å². The molecule has 9 atom stereocenters. The molecule has 0 aromatic heterocycles. The van der Waals surface area contributed by atoms with Crippen LogP contribution in [0.2, 0.25) is 0 Å². The van der Waals surface area contributed by atoms with Gasteiger partial charge >= 0.3 is 0 Å². The summed E-state index contributed by atoms with van der Waals surface area (Å²) in [5.41, 5.74) is 0. The first kappa shape index (κ1) is 24.2. The van der Waals surface area contributed by atoms with Crippen molar-refractivity contribution in [1.82, 2.24) is 10.2 Å². The van der Waals surface area contributed by atoms with Gasteiger partial charge in [0.25, 0.3) is 0 Å². The molecule has 0 spiro atoms. The summed E-state index contributed by atoms with van der Waals surface area (Å²) in [6.07, 6.45) is 0.932. The van der Waals surface area contributed by atoms with Gasteiger partial charge in [0.05, 0.1) is 29.7 Å². The molecular weight excluding hydrogens is 400 g/mol. The Morgan fingerprint density at radius 1 is 1.18 bits per heavy atom. The molecule has 28 heavy (non-hydrogen) atoms. The van der Waals surface area contributed by atoms with Gasteiger partial charge in [-0.15, -0.1) is 11.6 Å². The van der Waals surface area contributed by atoms with Crippen LogP contribution in [0.5, 0.6) is 0 Å². The van der Waals surface area contributed by atoms with Crippen LogP contribution in [0.1, 0.15) is 40.0 Å². The van der Waals surface area contributed by atoms with E-state index >= 15 is 0 Å². The number of carbonyl (C=O) groups is 1. The molecule has 2 rings (SSSR count). The van der Waals surface area contributed by atoms with E-state index in [-0.39, 0.29) is 17.2 Å². The Kier molecular flexibility index (Phi) is 8.92. The molecule has 0 aromatic rings. The topological polar surface area (TPSA) is 93.0 Å². The van der Waals surface area contributed by atoms with Crippen LogP contribution in [0.15, 0.2) is 0 Å². The van der Waals surface area contributed by atoms with Crippen LogP contribution in [-0.4, -0.2) is 87.0 Å². The number of thioether (sulfide) groups is 1. The average molecular weight is 437 g/mol. The van der Waals surface area contributed by atoms with E-state index in [1.54, 1.807) is 6.92 Å². The number of nitrogens with zero attached hydrogens (tertiary/aromatic N) is 1. The van der Waals surface area contributed by atoms with Gasteiger partial charge in [0.2, 0.25) is 5.91 Å². The standard InChI is InChI=1S/C20H37ClN2O4S/c1-10(2)6-12-7-14(23(4)9-12)20(27)22-16(11(3)21)13-8-15(28-5)18(25)19(26)17(13)24/h10-19,24-26H,6-9H2,1-5H3,(H,22,27)/t11-,12+,13+,14-,15-,16+,17-,18-,19-/m0/s1. The summed E-state index contributed by atoms with van der Waals surface area (Å²) < 4.78 is 0. The maximum absolute atomic E-state index is 13.0. The highest BCUT2D eigenvalue weighted by atomic mass is 35.5. The lowest BCUT2D eigenvalue weighted by atomic mass is 9.77. The van der Waals surface area contributed by atoms with E-state index in [0.29, 0.717) is 18.3 Å². The maximum atomic E-state index is 13.0. The normalized spacial score (nSPS) is 39.1. The zero-order valence-corrected chi connectivity index (χ0v) is 19.2. The van der Waals surface area contributed by atoms with E-state index in [9.17, 15) is 20.1 Å². The van der Waals surface area contributed by atoms with Crippen molar-refractivity contribution in [1.29, 1.82) is 0 Å². The SMILES string of the molecule is CS[C@H]1C[C@H]([C@H](NC(=O)[C@@H]2C[C@@H](CC(C)C)CN2C)[C@H](C)Cl)[C@H](O)[C@H](O)[C@H]1O. The Labute approximate surface area is 178 Å². The smallest absolute Gasteiger partial charge is 0.237 e. The first-order chi connectivity index (χ1) is 13.1. The van der Waals surface area contributed by atoms with Gasteiger partial charge in [0.1, 0.15) is 6.10 Å².